The predicted molar refractivity (Wildman–Crippen MR) is 167 cm³/mol. The molecule has 0 spiro atoms. The molecule has 0 fully saturated rings. The average Bonchev–Trinajstić information content (AvgIpc) is 2.91. The molecule has 3 nitrogen and oxygen atoms in total. The van der Waals surface area contributed by atoms with E-state index in [0.29, 0.717) is 0 Å². The maximum atomic E-state index is 6.90. The van der Waals surface area contributed by atoms with Crippen LogP contribution in [0.5, 0.6) is 23.0 Å². The van der Waals surface area contributed by atoms with Crippen molar-refractivity contribution >= 4 is 59.4 Å². The molecule has 0 unspecified atom stereocenters. The second-order valence-corrected chi connectivity index (χ2v) is 21.0. The van der Waals surface area contributed by atoms with Crippen molar-refractivity contribution in [2.24, 2.45) is 0 Å². The van der Waals surface area contributed by atoms with Crippen LogP contribution in [-0.2, 0) is 10.8 Å². The number of hydrogen-bond donors (Lipinski definition) is 0. The van der Waals surface area contributed by atoms with Crippen molar-refractivity contribution < 1.29 is 9.47 Å². The van der Waals surface area contributed by atoms with E-state index < -0.39 is 21.8 Å². The molecule has 0 aliphatic carbocycles. The van der Waals surface area contributed by atoms with E-state index in [2.05, 4.69) is 131 Å². The van der Waals surface area contributed by atoms with Gasteiger partial charge in [-0.25, -0.2) is 0 Å². The van der Waals surface area contributed by atoms with Crippen molar-refractivity contribution in [2.75, 3.05) is 4.90 Å². The molecule has 0 N–H and O–H groups in total. The molecule has 0 atom stereocenters. The zero-order valence-electron chi connectivity index (χ0n) is 23.8. The molecule has 5 aromatic rings. The van der Waals surface area contributed by atoms with Crippen molar-refractivity contribution in [1.29, 1.82) is 0 Å². The summed E-state index contributed by atoms with van der Waals surface area (Å²) in [4.78, 5) is 2.47. The van der Waals surface area contributed by atoms with Crippen molar-refractivity contribution in [1.82, 2.24) is 0 Å². The molecule has 0 radical (unpaired) electrons. The van der Waals surface area contributed by atoms with E-state index >= 15 is 0 Å². The van der Waals surface area contributed by atoms with E-state index in [1.54, 1.807) is 0 Å². The fourth-order valence-electron chi connectivity index (χ4n) is 6.47. The number of nitrogens with zero attached hydrogens (tertiary/aromatic N) is 1. The zero-order chi connectivity index (χ0) is 27.6. The standard InChI is InChI=1S/C36H32NO2.Bi/c1-35(2,3)31-18-16-27-21-33(31)38-29-12-9-13-30(23-29)39-34-22-28(17-19-32(34)36(4,5)6)37(27)26-15-14-24-10-7-8-11-25(24)20-26;/h7-20H,1-6H3;. The fraction of sp³-hybridized carbons (Fsp3) is 0.222. The summed E-state index contributed by atoms with van der Waals surface area (Å²) in [6, 6.07) is 31.1. The Bertz CT molecular complexity index is 1800. The third-order valence-corrected chi connectivity index (χ3v) is 18.7. The van der Waals surface area contributed by atoms with Gasteiger partial charge in [0, 0.05) is 0 Å². The molecular formula is C36H32BiNO2. The molecule has 0 saturated carbocycles. The molecule has 8 rings (SSSR count). The van der Waals surface area contributed by atoms with Crippen molar-refractivity contribution in [3.63, 3.8) is 0 Å². The topological polar surface area (TPSA) is 21.7 Å². The number of benzene rings is 5. The van der Waals surface area contributed by atoms with Crippen LogP contribution in [0.25, 0.3) is 10.8 Å². The quantitative estimate of drug-likeness (QED) is 0.161. The van der Waals surface area contributed by atoms with Crippen LogP contribution in [0.3, 0.4) is 0 Å². The van der Waals surface area contributed by atoms with Gasteiger partial charge >= 0.3 is 245 Å². The molecule has 5 aromatic carbocycles. The van der Waals surface area contributed by atoms with Gasteiger partial charge < -0.3 is 0 Å². The minimum absolute atomic E-state index is 0.0420. The molecule has 4 heteroatoms. The molecular weight excluding hydrogens is 687 g/mol. The van der Waals surface area contributed by atoms with Crippen LogP contribution >= 0.6 is 0 Å². The van der Waals surface area contributed by atoms with Gasteiger partial charge in [-0.05, 0) is 0 Å². The summed E-state index contributed by atoms with van der Waals surface area (Å²) in [7, 11) is 0. The van der Waals surface area contributed by atoms with Gasteiger partial charge in [-0.2, -0.15) is 0 Å². The van der Waals surface area contributed by atoms with Gasteiger partial charge in [0.2, 0.25) is 0 Å². The molecule has 3 aliphatic heterocycles. The molecule has 198 valence electrons. The maximum absolute atomic E-state index is 6.90. The summed E-state index contributed by atoms with van der Waals surface area (Å²) in [6.45, 7) is 13.8. The third kappa shape index (κ3) is 3.32. The number of hydrogen-bond acceptors (Lipinski definition) is 3. The monoisotopic (exact) mass is 719 g/mol. The molecule has 3 heterocycles. The van der Waals surface area contributed by atoms with Crippen LogP contribution in [0.4, 0.5) is 17.1 Å². The van der Waals surface area contributed by atoms with Crippen molar-refractivity contribution in [3.05, 3.63) is 96.1 Å². The van der Waals surface area contributed by atoms with Gasteiger partial charge in [0.05, 0.1) is 0 Å². The minimum atomic E-state index is -2.84. The Morgan fingerprint density at radius 1 is 0.550 bits per heavy atom. The number of ether oxygens (including phenoxy) is 2. The first-order valence-electron chi connectivity index (χ1n) is 14.0. The van der Waals surface area contributed by atoms with Crippen molar-refractivity contribution in [3.8, 4) is 23.0 Å². The van der Waals surface area contributed by atoms with Gasteiger partial charge in [0.1, 0.15) is 0 Å². The van der Waals surface area contributed by atoms with Gasteiger partial charge in [0.15, 0.2) is 0 Å². The summed E-state index contributed by atoms with van der Waals surface area (Å²) >= 11 is -2.84. The van der Waals surface area contributed by atoms with Gasteiger partial charge in [-0.3, -0.25) is 0 Å². The number of fused-ring (bicyclic) bond motifs is 1. The Morgan fingerprint density at radius 2 is 1.10 bits per heavy atom. The van der Waals surface area contributed by atoms with Gasteiger partial charge in [0.25, 0.3) is 0 Å². The third-order valence-electron chi connectivity index (χ3n) is 8.37. The summed E-state index contributed by atoms with van der Waals surface area (Å²) in [6.07, 6.45) is 0. The van der Waals surface area contributed by atoms with Crippen molar-refractivity contribution in [2.45, 2.75) is 52.4 Å². The van der Waals surface area contributed by atoms with Crippen LogP contribution in [0.1, 0.15) is 52.7 Å². The summed E-state index contributed by atoms with van der Waals surface area (Å²) in [5.74, 6) is 4.14. The van der Waals surface area contributed by atoms with Gasteiger partial charge in [-0.15, -0.1) is 0 Å². The Balaban J connectivity index is 1.51. The Morgan fingerprint density at radius 3 is 1.65 bits per heavy atom. The summed E-state index contributed by atoms with van der Waals surface area (Å²) in [5, 5.41) is 2.49. The molecule has 0 amide bonds. The number of rotatable bonds is 1. The van der Waals surface area contributed by atoms with E-state index in [1.165, 1.54) is 48.8 Å². The second-order valence-electron chi connectivity index (χ2n) is 13.1. The first kappa shape index (κ1) is 24.4. The molecule has 3 aliphatic rings. The SMILES string of the molecule is CC(C)(C)c1ccc2[c]3c1Oc1cccc4[c]1[Bi]3[c]1c(ccc(C(C)(C)C)c1O4)N2c1ccc2ccccc2c1. The molecule has 0 aromatic heterocycles. The average molecular weight is 720 g/mol. The molecule has 0 bridgehead atoms. The van der Waals surface area contributed by atoms with E-state index in [0.717, 1.165) is 23.0 Å². The summed E-state index contributed by atoms with van der Waals surface area (Å²) in [5.41, 5.74) is 6.17. The Hall–Kier alpha value is -3.36. The van der Waals surface area contributed by atoms with E-state index in [4.69, 9.17) is 9.47 Å². The first-order chi connectivity index (χ1) is 19.1. The second kappa shape index (κ2) is 8.11. The first-order valence-corrected chi connectivity index (χ1v) is 19.3. The Kier molecular flexibility index (Phi) is 4.95. The molecule has 40 heavy (non-hydrogen) atoms. The Labute approximate surface area is 244 Å². The predicted octanol–water partition coefficient (Wildman–Crippen LogP) is 7.95. The normalized spacial score (nSPS) is 15.0. The van der Waals surface area contributed by atoms with E-state index in [9.17, 15) is 0 Å². The van der Waals surface area contributed by atoms with Crippen LogP contribution in [0.2, 0.25) is 0 Å². The van der Waals surface area contributed by atoms with Crippen LogP contribution in [0.15, 0.2) is 84.9 Å². The molecule has 0 saturated heterocycles. The van der Waals surface area contributed by atoms with Crippen LogP contribution < -0.4 is 24.2 Å². The zero-order valence-corrected chi connectivity index (χ0v) is 27.3. The van der Waals surface area contributed by atoms with Gasteiger partial charge in [-0.1, -0.05) is 0 Å². The van der Waals surface area contributed by atoms with E-state index in [1.807, 2.05) is 0 Å². The van der Waals surface area contributed by atoms with Crippen LogP contribution in [-0.4, -0.2) is 21.8 Å². The fourth-order valence-corrected chi connectivity index (χ4v) is 17.7. The van der Waals surface area contributed by atoms with Crippen LogP contribution in [0, 0.1) is 0 Å². The number of anilines is 3. The van der Waals surface area contributed by atoms with E-state index in [-0.39, 0.29) is 10.8 Å². The summed E-state index contributed by atoms with van der Waals surface area (Å²) < 4.78 is 18.0.